The fourth-order valence-electron chi connectivity index (χ4n) is 3.44. The highest BCUT2D eigenvalue weighted by Crippen LogP contribution is 2.34. The molecule has 1 amide bonds. The van der Waals surface area contributed by atoms with Crippen LogP contribution in [0.4, 0.5) is 4.39 Å². The van der Waals surface area contributed by atoms with E-state index in [0.29, 0.717) is 25.3 Å². The molecule has 1 N–H and O–H groups in total. The highest BCUT2D eigenvalue weighted by molar-refractivity contribution is 5.94. The lowest BCUT2D eigenvalue weighted by molar-refractivity contribution is 0.0487. The Balaban J connectivity index is 1.69. The predicted octanol–water partition coefficient (Wildman–Crippen LogP) is 4.09. The smallest absolute Gasteiger partial charge is 0.251 e. The van der Waals surface area contributed by atoms with Crippen molar-refractivity contribution in [2.45, 2.75) is 38.2 Å². The van der Waals surface area contributed by atoms with Crippen molar-refractivity contribution in [3.05, 3.63) is 65.5 Å². The van der Waals surface area contributed by atoms with Gasteiger partial charge in [-0.05, 0) is 68.7 Å². The van der Waals surface area contributed by atoms with Gasteiger partial charge in [0.05, 0.1) is 6.10 Å². The minimum absolute atomic E-state index is 0.0914. The van der Waals surface area contributed by atoms with Crippen LogP contribution in [0.5, 0.6) is 5.75 Å². The molecule has 0 saturated carbocycles. The zero-order valence-electron chi connectivity index (χ0n) is 15.8. The summed E-state index contributed by atoms with van der Waals surface area (Å²) in [6, 6.07) is 13.7. The number of hydrogen-bond donors (Lipinski definition) is 1. The Morgan fingerprint density at radius 1 is 1.11 bits per heavy atom. The molecule has 27 heavy (non-hydrogen) atoms. The number of carbonyl (C=O) groups is 1. The van der Waals surface area contributed by atoms with Crippen LogP contribution in [0.3, 0.4) is 0 Å². The quantitative estimate of drug-likeness (QED) is 0.832. The summed E-state index contributed by atoms with van der Waals surface area (Å²) in [6.07, 6.45) is 1.67. The van der Waals surface area contributed by atoms with Gasteiger partial charge in [-0.15, -0.1) is 0 Å². The molecule has 3 rings (SSSR count). The second kappa shape index (κ2) is 8.53. The van der Waals surface area contributed by atoms with Crippen molar-refractivity contribution in [2.24, 2.45) is 0 Å². The molecule has 0 bridgehead atoms. The maximum absolute atomic E-state index is 13.3. The lowest BCUT2D eigenvalue weighted by Crippen LogP contribution is -2.44. The summed E-state index contributed by atoms with van der Waals surface area (Å²) in [5.41, 5.74) is 1.39. The van der Waals surface area contributed by atoms with Crippen molar-refractivity contribution >= 4 is 5.91 Å². The van der Waals surface area contributed by atoms with Crippen LogP contribution in [0.25, 0.3) is 0 Å². The van der Waals surface area contributed by atoms with Crippen LogP contribution in [0, 0.1) is 5.82 Å². The third-order valence-electron chi connectivity index (χ3n) is 4.98. The van der Waals surface area contributed by atoms with E-state index in [1.54, 1.807) is 24.3 Å². The Labute approximate surface area is 159 Å². The Morgan fingerprint density at radius 3 is 2.33 bits per heavy atom. The molecule has 144 valence electrons. The molecule has 5 heteroatoms. The molecule has 0 unspecified atom stereocenters. The van der Waals surface area contributed by atoms with Crippen molar-refractivity contribution in [1.82, 2.24) is 5.32 Å². The van der Waals surface area contributed by atoms with Crippen molar-refractivity contribution < 1.29 is 18.7 Å². The molecule has 0 radical (unpaired) electrons. The highest BCUT2D eigenvalue weighted by Gasteiger charge is 2.35. The standard InChI is InChI=1S/C22H26FNO3/c1-16(2)27-20-9-3-17(4-10-20)21(25)24-15-22(11-13-26-14-12-22)18-5-7-19(23)8-6-18/h3-10,16H,11-15H2,1-2H3,(H,24,25). The average Bonchev–Trinajstić information content (AvgIpc) is 2.67. The molecule has 0 spiro atoms. The van der Waals surface area contributed by atoms with Crippen LogP contribution in [0.1, 0.15) is 42.6 Å². The maximum atomic E-state index is 13.3. The van der Waals surface area contributed by atoms with E-state index < -0.39 is 0 Å². The van der Waals surface area contributed by atoms with Crippen molar-refractivity contribution in [1.29, 1.82) is 0 Å². The van der Waals surface area contributed by atoms with Gasteiger partial charge in [0.15, 0.2) is 0 Å². The van der Waals surface area contributed by atoms with Crippen molar-refractivity contribution in [3.8, 4) is 5.75 Å². The number of nitrogens with one attached hydrogen (secondary N) is 1. The number of hydrogen-bond acceptors (Lipinski definition) is 3. The topological polar surface area (TPSA) is 47.6 Å². The third kappa shape index (κ3) is 4.86. The van der Waals surface area contributed by atoms with Gasteiger partial charge in [-0.25, -0.2) is 4.39 Å². The van der Waals surface area contributed by atoms with Crippen LogP contribution in [-0.4, -0.2) is 31.8 Å². The first-order chi connectivity index (χ1) is 13.0. The fourth-order valence-corrected chi connectivity index (χ4v) is 3.44. The number of halogens is 1. The van der Waals surface area contributed by atoms with E-state index in [2.05, 4.69) is 5.32 Å². The molecule has 0 atom stereocenters. The Morgan fingerprint density at radius 2 is 1.74 bits per heavy atom. The van der Waals surface area contributed by atoms with Crippen LogP contribution >= 0.6 is 0 Å². The molecule has 0 aliphatic carbocycles. The first-order valence-corrected chi connectivity index (χ1v) is 9.37. The molecule has 4 nitrogen and oxygen atoms in total. The summed E-state index contributed by atoms with van der Waals surface area (Å²) in [5, 5.41) is 3.05. The summed E-state index contributed by atoms with van der Waals surface area (Å²) >= 11 is 0. The normalized spacial score (nSPS) is 16.1. The molecular formula is C22H26FNO3. The van der Waals surface area contributed by atoms with E-state index in [1.165, 1.54) is 12.1 Å². The second-order valence-corrected chi connectivity index (χ2v) is 7.27. The molecule has 1 aliphatic heterocycles. The first kappa shape index (κ1) is 19.4. The SMILES string of the molecule is CC(C)Oc1ccc(C(=O)NCC2(c3ccc(F)cc3)CCOCC2)cc1. The Bertz CT molecular complexity index is 750. The lowest BCUT2D eigenvalue weighted by Gasteiger charge is -2.38. The minimum atomic E-state index is -0.256. The summed E-state index contributed by atoms with van der Waals surface area (Å²) in [6.45, 7) is 5.68. The van der Waals surface area contributed by atoms with E-state index >= 15 is 0 Å². The van der Waals surface area contributed by atoms with E-state index in [9.17, 15) is 9.18 Å². The predicted molar refractivity (Wildman–Crippen MR) is 103 cm³/mol. The van der Waals surface area contributed by atoms with Crippen LogP contribution in [0.15, 0.2) is 48.5 Å². The molecule has 1 saturated heterocycles. The summed E-state index contributed by atoms with van der Waals surface area (Å²) in [7, 11) is 0. The first-order valence-electron chi connectivity index (χ1n) is 9.37. The summed E-state index contributed by atoms with van der Waals surface area (Å²) in [4.78, 5) is 12.6. The second-order valence-electron chi connectivity index (χ2n) is 7.27. The minimum Gasteiger partial charge on any atom is -0.491 e. The highest BCUT2D eigenvalue weighted by atomic mass is 19.1. The Kier molecular flexibility index (Phi) is 6.11. The molecular weight excluding hydrogens is 345 g/mol. The van der Waals surface area contributed by atoms with Gasteiger partial charge >= 0.3 is 0 Å². The molecule has 2 aromatic carbocycles. The van der Waals surface area contributed by atoms with E-state index in [4.69, 9.17) is 9.47 Å². The van der Waals surface area contributed by atoms with Gasteiger partial charge < -0.3 is 14.8 Å². The number of benzene rings is 2. The van der Waals surface area contributed by atoms with Gasteiger partial charge in [-0.3, -0.25) is 4.79 Å². The number of carbonyl (C=O) groups excluding carboxylic acids is 1. The molecule has 1 heterocycles. The molecule has 0 aromatic heterocycles. The number of ether oxygens (including phenoxy) is 2. The van der Waals surface area contributed by atoms with Gasteiger partial charge in [0.25, 0.3) is 5.91 Å². The largest absolute Gasteiger partial charge is 0.491 e. The number of amides is 1. The summed E-state index contributed by atoms with van der Waals surface area (Å²) in [5.74, 6) is 0.363. The van der Waals surface area contributed by atoms with Gasteiger partial charge in [0, 0.05) is 30.7 Å². The lowest BCUT2D eigenvalue weighted by atomic mass is 9.74. The van der Waals surface area contributed by atoms with Crippen LogP contribution in [-0.2, 0) is 10.2 Å². The molecule has 1 aliphatic rings. The van der Waals surface area contributed by atoms with E-state index in [1.807, 2.05) is 26.0 Å². The number of rotatable bonds is 6. The van der Waals surface area contributed by atoms with Gasteiger partial charge in [-0.1, -0.05) is 12.1 Å². The van der Waals surface area contributed by atoms with Gasteiger partial charge in [-0.2, -0.15) is 0 Å². The Hall–Kier alpha value is -2.40. The zero-order valence-corrected chi connectivity index (χ0v) is 15.8. The van der Waals surface area contributed by atoms with Crippen molar-refractivity contribution in [3.63, 3.8) is 0 Å². The fraction of sp³-hybridized carbons (Fsp3) is 0.409. The van der Waals surface area contributed by atoms with Gasteiger partial charge in [0.1, 0.15) is 11.6 Å². The van der Waals surface area contributed by atoms with Crippen LogP contribution < -0.4 is 10.1 Å². The zero-order chi connectivity index (χ0) is 19.3. The maximum Gasteiger partial charge on any atom is 0.251 e. The summed E-state index contributed by atoms with van der Waals surface area (Å²) < 4.78 is 24.4. The van der Waals surface area contributed by atoms with E-state index in [0.717, 1.165) is 24.2 Å². The third-order valence-corrected chi connectivity index (χ3v) is 4.98. The van der Waals surface area contributed by atoms with Crippen molar-refractivity contribution in [2.75, 3.05) is 19.8 Å². The van der Waals surface area contributed by atoms with Gasteiger partial charge in [0.2, 0.25) is 0 Å². The molecule has 1 fully saturated rings. The monoisotopic (exact) mass is 371 g/mol. The van der Waals surface area contributed by atoms with E-state index in [-0.39, 0.29) is 23.2 Å². The molecule has 2 aromatic rings. The average molecular weight is 371 g/mol. The van der Waals surface area contributed by atoms with Crippen LogP contribution in [0.2, 0.25) is 0 Å².